The highest BCUT2D eigenvalue weighted by atomic mass is 16.4. The molecule has 0 spiro atoms. The number of hydrogen-bond acceptors (Lipinski definition) is 5. The van der Waals surface area contributed by atoms with Gasteiger partial charge in [0.2, 0.25) is 5.91 Å². The Morgan fingerprint density at radius 1 is 1.56 bits per heavy atom. The molecule has 1 saturated heterocycles. The van der Waals surface area contributed by atoms with E-state index in [-0.39, 0.29) is 17.6 Å². The number of aromatic carboxylic acids is 1. The fraction of sp³-hybridized carbons (Fsp3) is 0.600. The molecule has 98 valence electrons. The predicted molar refractivity (Wildman–Crippen MR) is 61.1 cm³/mol. The van der Waals surface area contributed by atoms with Crippen LogP contribution < -0.4 is 5.32 Å². The molecule has 1 amide bonds. The van der Waals surface area contributed by atoms with Crippen LogP contribution in [-0.4, -0.2) is 63.1 Å². The van der Waals surface area contributed by atoms with Gasteiger partial charge in [-0.1, -0.05) is 5.21 Å². The fourth-order valence-corrected chi connectivity index (χ4v) is 1.85. The first kappa shape index (κ1) is 12.5. The molecule has 18 heavy (non-hydrogen) atoms. The Morgan fingerprint density at radius 3 is 2.83 bits per heavy atom. The number of carboxylic acid groups (broad SMARTS) is 1. The fourth-order valence-electron chi connectivity index (χ4n) is 1.85. The number of aromatic nitrogens is 3. The highest BCUT2D eigenvalue weighted by Crippen LogP contribution is 2.19. The molecule has 0 saturated carbocycles. The van der Waals surface area contributed by atoms with Crippen molar-refractivity contribution in [2.45, 2.75) is 13.0 Å². The van der Waals surface area contributed by atoms with E-state index in [1.54, 1.807) is 0 Å². The van der Waals surface area contributed by atoms with Gasteiger partial charge in [-0.15, -0.1) is 5.10 Å². The van der Waals surface area contributed by atoms with E-state index in [1.807, 2.05) is 11.8 Å². The molecule has 8 nitrogen and oxygen atoms in total. The molecular weight excluding hydrogens is 238 g/mol. The van der Waals surface area contributed by atoms with E-state index in [4.69, 9.17) is 5.11 Å². The van der Waals surface area contributed by atoms with Gasteiger partial charge in [-0.25, -0.2) is 9.48 Å². The third kappa shape index (κ3) is 2.65. The minimum Gasteiger partial charge on any atom is -0.476 e. The van der Waals surface area contributed by atoms with Gasteiger partial charge < -0.3 is 10.4 Å². The van der Waals surface area contributed by atoms with Crippen LogP contribution in [0.5, 0.6) is 0 Å². The zero-order chi connectivity index (χ0) is 13.1. The van der Waals surface area contributed by atoms with Crippen LogP contribution in [0.1, 0.15) is 23.5 Å². The Balaban J connectivity index is 1.81. The molecule has 0 bridgehead atoms. The van der Waals surface area contributed by atoms with E-state index in [0.29, 0.717) is 26.2 Å². The average Bonchev–Trinajstić information content (AvgIpc) is 2.72. The maximum atomic E-state index is 11.3. The molecule has 2 rings (SSSR count). The van der Waals surface area contributed by atoms with Gasteiger partial charge in [0.15, 0.2) is 5.69 Å². The first-order chi connectivity index (χ1) is 8.60. The minimum absolute atomic E-state index is 0.000709. The first-order valence-corrected chi connectivity index (χ1v) is 5.74. The number of carbonyl (C=O) groups is 2. The number of rotatable bonds is 5. The van der Waals surface area contributed by atoms with Gasteiger partial charge in [0.05, 0.1) is 18.8 Å². The van der Waals surface area contributed by atoms with E-state index in [2.05, 4.69) is 15.6 Å². The van der Waals surface area contributed by atoms with Gasteiger partial charge in [0.25, 0.3) is 0 Å². The lowest BCUT2D eigenvalue weighted by molar-refractivity contribution is -0.123. The van der Waals surface area contributed by atoms with Crippen molar-refractivity contribution < 1.29 is 14.7 Å². The van der Waals surface area contributed by atoms with Crippen molar-refractivity contribution in [1.29, 1.82) is 0 Å². The normalized spacial score (nSPS) is 16.3. The van der Waals surface area contributed by atoms with E-state index in [0.717, 1.165) is 0 Å². The average molecular weight is 253 g/mol. The van der Waals surface area contributed by atoms with E-state index < -0.39 is 5.97 Å². The second-order valence-electron chi connectivity index (χ2n) is 4.19. The molecule has 1 aromatic rings. The van der Waals surface area contributed by atoms with Gasteiger partial charge in [-0.05, 0) is 6.92 Å². The molecule has 0 unspecified atom stereocenters. The van der Waals surface area contributed by atoms with Crippen molar-refractivity contribution in [3.05, 3.63) is 11.9 Å². The number of nitrogens with one attached hydrogen (secondary N) is 1. The molecule has 1 aromatic heterocycles. The lowest BCUT2D eigenvalue weighted by atomic mass is 10.1. The van der Waals surface area contributed by atoms with Crippen molar-refractivity contribution in [1.82, 2.24) is 25.2 Å². The Bertz CT molecular complexity index is 452. The highest BCUT2D eigenvalue weighted by Gasteiger charge is 2.30. The summed E-state index contributed by atoms with van der Waals surface area (Å²) in [6.07, 6.45) is 1.41. The molecule has 2 N–H and O–H groups in total. The van der Waals surface area contributed by atoms with Gasteiger partial charge in [-0.2, -0.15) is 0 Å². The van der Waals surface area contributed by atoms with E-state index >= 15 is 0 Å². The minimum atomic E-state index is -1.08. The summed E-state index contributed by atoms with van der Waals surface area (Å²) in [7, 11) is 0. The molecule has 0 aromatic carbocycles. The van der Waals surface area contributed by atoms with E-state index in [9.17, 15) is 9.59 Å². The second-order valence-corrected chi connectivity index (χ2v) is 4.19. The Hall–Kier alpha value is -1.96. The smallest absolute Gasteiger partial charge is 0.358 e. The Morgan fingerprint density at radius 2 is 2.28 bits per heavy atom. The molecule has 0 radical (unpaired) electrons. The molecule has 2 heterocycles. The lowest BCUT2D eigenvalue weighted by Gasteiger charge is -2.38. The van der Waals surface area contributed by atoms with Gasteiger partial charge in [0, 0.05) is 19.6 Å². The Labute approximate surface area is 104 Å². The summed E-state index contributed by atoms with van der Waals surface area (Å²) in [5, 5.41) is 18.8. The van der Waals surface area contributed by atoms with Crippen LogP contribution in [-0.2, 0) is 4.79 Å². The van der Waals surface area contributed by atoms with Crippen molar-refractivity contribution >= 4 is 11.9 Å². The van der Waals surface area contributed by atoms with Crippen LogP contribution in [0.4, 0.5) is 0 Å². The number of amides is 1. The first-order valence-electron chi connectivity index (χ1n) is 5.74. The van der Waals surface area contributed by atoms with Gasteiger partial charge >= 0.3 is 5.97 Å². The standard InChI is InChI=1S/C10H15N5O3/c1-2-11-9(16)6-14-3-7(4-14)15-5-8(10(17)18)12-13-15/h5,7H,2-4,6H2,1H3,(H,11,16)(H,17,18). The monoisotopic (exact) mass is 253 g/mol. The summed E-state index contributed by atoms with van der Waals surface area (Å²) in [6, 6.07) is 0.0972. The van der Waals surface area contributed by atoms with Crippen LogP contribution in [0.25, 0.3) is 0 Å². The maximum Gasteiger partial charge on any atom is 0.358 e. The maximum absolute atomic E-state index is 11.3. The molecule has 1 aliphatic heterocycles. The summed E-state index contributed by atoms with van der Waals surface area (Å²) < 4.78 is 1.54. The van der Waals surface area contributed by atoms with Crippen molar-refractivity contribution in [3.8, 4) is 0 Å². The molecule has 0 atom stereocenters. The highest BCUT2D eigenvalue weighted by molar-refractivity contribution is 5.84. The Kier molecular flexibility index (Phi) is 3.56. The number of hydrogen-bond donors (Lipinski definition) is 2. The van der Waals surface area contributed by atoms with Gasteiger partial charge in [-0.3, -0.25) is 9.69 Å². The van der Waals surface area contributed by atoms with Crippen molar-refractivity contribution in [3.63, 3.8) is 0 Å². The SMILES string of the molecule is CCNC(=O)CN1CC(n2cc(C(=O)O)nn2)C1. The molecule has 8 heteroatoms. The van der Waals surface area contributed by atoms with Crippen molar-refractivity contribution in [2.75, 3.05) is 26.2 Å². The second kappa shape index (κ2) is 5.13. The van der Waals surface area contributed by atoms with E-state index in [1.165, 1.54) is 10.9 Å². The summed E-state index contributed by atoms with van der Waals surface area (Å²) in [5.74, 6) is -1.08. The zero-order valence-electron chi connectivity index (χ0n) is 10.0. The molecular formula is C10H15N5O3. The zero-order valence-corrected chi connectivity index (χ0v) is 10.0. The number of likely N-dealkylation sites (N-methyl/N-ethyl adjacent to an activating group) is 1. The summed E-state index contributed by atoms with van der Waals surface area (Å²) >= 11 is 0. The van der Waals surface area contributed by atoms with Crippen molar-refractivity contribution in [2.24, 2.45) is 0 Å². The molecule has 1 aliphatic rings. The number of carboxylic acids is 1. The van der Waals surface area contributed by atoms with Gasteiger partial charge in [0.1, 0.15) is 0 Å². The van der Waals surface area contributed by atoms with Crippen LogP contribution in [0.15, 0.2) is 6.20 Å². The summed E-state index contributed by atoms with van der Waals surface area (Å²) in [6.45, 7) is 4.23. The predicted octanol–water partition coefficient (Wildman–Crippen LogP) is -1.03. The van der Waals surface area contributed by atoms with Crippen LogP contribution in [0.2, 0.25) is 0 Å². The third-order valence-electron chi connectivity index (χ3n) is 2.78. The lowest BCUT2D eigenvalue weighted by Crippen LogP contribution is -2.51. The third-order valence-corrected chi connectivity index (χ3v) is 2.78. The quantitative estimate of drug-likeness (QED) is 0.696. The largest absolute Gasteiger partial charge is 0.476 e. The number of nitrogens with zero attached hydrogens (tertiary/aromatic N) is 4. The van der Waals surface area contributed by atoms with Crippen LogP contribution in [0.3, 0.4) is 0 Å². The molecule has 0 aliphatic carbocycles. The topological polar surface area (TPSA) is 100 Å². The van der Waals surface area contributed by atoms with Crippen LogP contribution in [0, 0.1) is 0 Å². The summed E-state index contributed by atoms with van der Waals surface area (Å²) in [5.41, 5.74) is -0.0582. The van der Waals surface area contributed by atoms with Crippen LogP contribution >= 0.6 is 0 Å². The molecule has 1 fully saturated rings. The number of carbonyl (C=O) groups excluding carboxylic acids is 1. The summed E-state index contributed by atoms with van der Waals surface area (Å²) in [4.78, 5) is 23.9. The number of likely N-dealkylation sites (tertiary alicyclic amines) is 1.